The summed E-state index contributed by atoms with van der Waals surface area (Å²) in [6, 6.07) is 0. The third kappa shape index (κ3) is 1.24. The molecule has 0 aromatic rings. The second-order valence-corrected chi connectivity index (χ2v) is 5.76. The van der Waals surface area contributed by atoms with E-state index in [1.807, 2.05) is 0 Å². The lowest BCUT2D eigenvalue weighted by molar-refractivity contribution is 0.590. The first-order chi connectivity index (χ1) is 4.02. The first kappa shape index (κ1) is 7.78. The van der Waals surface area contributed by atoms with Crippen LogP contribution < -0.4 is 0 Å². The molecule has 0 heterocycles. The molecule has 1 rings (SSSR count). The Morgan fingerprint density at radius 3 is 2.00 bits per heavy atom. The number of halogens is 1. The summed E-state index contributed by atoms with van der Waals surface area (Å²) in [6.07, 6.45) is 3.07. The van der Waals surface area contributed by atoms with E-state index in [1.165, 1.54) is 6.26 Å². The minimum absolute atomic E-state index is 0.312. The normalized spacial score (nSPS) is 23.8. The van der Waals surface area contributed by atoms with Crippen LogP contribution in [0.2, 0.25) is 0 Å². The Bertz CT molecular complexity index is 203. The zero-order valence-electron chi connectivity index (χ0n) is 5.22. The van der Waals surface area contributed by atoms with E-state index in [0.717, 1.165) is 17.3 Å². The quantitative estimate of drug-likeness (QED) is 0.548. The van der Waals surface area contributed by atoms with E-state index in [0.29, 0.717) is 0 Å². The average Bonchev–Trinajstić information content (AvgIpc) is 2.40. The Morgan fingerprint density at radius 1 is 1.56 bits per heavy atom. The third-order valence-electron chi connectivity index (χ3n) is 1.84. The third-order valence-corrected chi connectivity index (χ3v) is 5.94. The van der Waals surface area contributed by atoms with Crippen molar-refractivity contribution in [1.29, 1.82) is 0 Å². The Labute approximate surface area is 69.1 Å². The van der Waals surface area contributed by atoms with E-state index in [1.54, 1.807) is 0 Å². The van der Waals surface area contributed by atoms with Crippen molar-refractivity contribution in [1.82, 2.24) is 0 Å². The molecule has 1 aliphatic rings. The molecule has 4 heteroatoms. The number of sulfone groups is 1. The summed E-state index contributed by atoms with van der Waals surface area (Å²) in [5.74, 6) is 0. The standard InChI is InChI=1S/C5H9IO2S/c1-9(7,8)5(4-6)2-3-5/h2-4H2,1H3. The molecule has 9 heavy (non-hydrogen) atoms. The van der Waals surface area contributed by atoms with Gasteiger partial charge < -0.3 is 0 Å². The summed E-state index contributed by atoms with van der Waals surface area (Å²) in [6.45, 7) is 0. The molecule has 0 amide bonds. The highest BCUT2D eigenvalue weighted by Crippen LogP contribution is 2.44. The van der Waals surface area contributed by atoms with Gasteiger partial charge in [0.2, 0.25) is 0 Å². The fourth-order valence-electron chi connectivity index (χ4n) is 0.743. The van der Waals surface area contributed by atoms with E-state index < -0.39 is 9.84 Å². The molecule has 1 saturated carbocycles. The fraction of sp³-hybridized carbons (Fsp3) is 1.00. The van der Waals surface area contributed by atoms with Gasteiger partial charge in [0.25, 0.3) is 0 Å². The van der Waals surface area contributed by atoms with Crippen LogP contribution in [0.1, 0.15) is 12.8 Å². The van der Waals surface area contributed by atoms with Crippen LogP contribution in [0, 0.1) is 0 Å². The highest BCUT2D eigenvalue weighted by Gasteiger charge is 2.50. The Kier molecular flexibility index (Phi) is 1.80. The lowest BCUT2D eigenvalue weighted by Crippen LogP contribution is -2.22. The zero-order chi connectivity index (χ0) is 7.12. The van der Waals surface area contributed by atoms with Crippen molar-refractivity contribution < 1.29 is 8.42 Å². The van der Waals surface area contributed by atoms with Gasteiger partial charge in [-0.15, -0.1) is 0 Å². The van der Waals surface area contributed by atoms with Crippen molar-refractivity contribution in [2.24, 2.45) is 0 Å². The first-order valence-electron chi connectivity index (χ1n) is 2.77. The molecule has 2 nitrogen and oxygen atoms in total. The molecular weight excluding hydrogens is 251 g/mol. The molecule has 0 atom stereocenters. The predicted octanol–water partition coefficient (Wildman–Crippen LogP) is 0.999. The molecule has 1 fully saturated rings. The summed E-state index contributed by atoms with van der Waals surface area (Å²) in [5.41, 5.74) is 0. The van der Waals surface area contributed by atoms with Crippen molar-refractivity contribution in [3.05, 3.63) is 0 Å². The van der Waals surface area contributed by atoms with Crippen LogP contribution >= 0.6 is 22.6 Å². The molecule has 0 N–H and O–H groups in total. The van der Waals surface area contributed by atoms with E-state index in [2.05, 4.69) is 22.6 Å². The van der Waals surface area contributed by atoms with Crippen LogP contribution in [-0.2, 0) is 9.84 Å². The molecule has 0 unspecified atom stereocenters. The summed E-state index contributed by atoms with van der Waals surface area (Å²) in [4.78, 5) is 0. The summed E-state index contributed by atoms with van der Waals surface area (Å²) >= 11 is 2.14. The Balaban J connectivity index is 2.85. The topological polar surface area (TPSA) is 34.1 Å². The SMILES string of the molecule is CS(=O)(=O)C1(CI)CC1. The van der Waals surface area contributed by atoms with Crippen LogP contribution in [0.4, 0.5) is 0 Å². The molecule has 1 aliphatic carbocycles. The minimum atomic E-state index is -2.75. The van der Waals surface area contributed by atoms with Gasteiger partial charge in [-0.25, -0.2) is 8.42 Å². The molecule has 0 aliphatic heterocycles. The van der Waals surface area contributed by atoms with Gasteiger partial charge in [0.05, 0.1) is 4.75 Å². The maximum Gasteiger partial charge on any atom is 0.153 e. The number of rotatable bonds is 2. The van der Waals surface area contributed by atoms with Crippen molar-refractivity contribution in [3.63, 3.8) is 0 Å². The molecule has 54 valence electrons. The van der Waals surface area contributed by atoms with Crippen molar-refractivity contribution >= 4 is 32.4 Å². The molecule has 0 aromatic heterocycles. The van der Waals surface area contributed by atoms with Gasteiger partial charge >= 0.3 is 0 Å². The van der Waals surface area contributed by atoms with Crippen molar-refractivity contribution in [2.45, 2.75) is 17.6 Å². The van der Waals surface area contributed by atoms with Gasteiger partial charge in [0.15, 0.2) is 9.84 Å². The Morgan fingerprint density at radius 2 is 2.00 bits per heavy atom. The van der Waals surface area contributed by atoms with Crippen molar-refractivity contribution in [3.8, 4) is 0 Å². The number of alkyl halides is 1. The van der Waals surface area contributed by atoms with Gasteiger partial charge in [-0.1, -0.05) is 22.6 Å². The smallest absolute Gasteiger partial charge is 0.153 e. The molecule has 0 aromatic carbocycles. The summed E-state index contributed by atoms with van der Waals surface area (Å²) in [7, 11) is -2.75. The minimum Gasteiger partial charge on any atom is -0.229 e. The molecule has 0 saturated heterocycles. The molecule has 0 radical (unpaired) electrons. The van der Waals surface area contributed by atoms with Gasteiger partial charge in [-0.2, -0.15) is 0 Å². The number of hydrogen-bond acceptors (Lipinski definition) is 2. The maximum absolute atomic E-state index is 10.9. The van der Waals surface area contributed by atoms with E-state index >= 15 is 0 Å². The van der Waals surface area contributed by atoms with Gasteiger partial charge in [0.1, 0.15) is 0 Å². The molecule has 0 bridgehead atoms. The Hall–Kier alpha value is 0.680. The fourth-order valence-corrected chi connectivity index (χ4v) is 4.24. The van der Waals surface area contributed by atoms with E-state index in [9.17, 15) is 8.42 Å². The van der Waals surface area contributed by atoms with Crippen molar-refractivity contribution in [2.75, 3.05) is 10.7 Å². The van der Waals surface area contributed by atoms with Crippen LogP contribution in [0.3, 0.4) is 0 Å². The van der Waals surface area contributed by atoms with E-state index in [4.69, 9.17) is 0 Å². The lowest BCUT2D eigenvalue weighted by atomic mass is 10.5. The monoisotopic (exact) mass is 260 g/mol. The first-order valence-corrected chi connectivity index (χ1v) is 6.19. The van der Waals surface area contributed by atoms with Gasteiger partial charge in [0, 0.05) is 10.7 Å². The highest BCUT2D eigenvalue weighted by atomic mass is 127. The van der Waals surface area contributed by atoms with Gasteiger partial charge in [-0.05, 0) is 12.8 Å². The summed E-state index contributed by atoms with van der Waals surface area (Å²) in [5, 5.41) is 0. The van der Waals surface area contributed by atoms with Crippen LogP contribution in [0.15, 0.2) is 0 Å². The van der Waals surface area contributed by atoms with E-state index in [-0.39, 0.29) is 4.75 Å². The highest BCUT2D eigenvalue weighted by molar-refractivity contribution is 14.1. The maximum atomic E-state index is 10.9. The van der Waals surface area contributed by atoms with Crippen LogP contribution in [-0.4, -0.2) is 23.8 Å². The largest absolute Gasteiger partial charge is 0.229 e. The second kappa shape index (κ2) is 2.08. The predicted molar refractivity (Wildman–Crippen MR) is 45.7 cm³/mol. The van der Waals surface area contributed by atoms with Crippen LogP contribution in [0.25, 0.3) is 0 Å². The molecule has 0 spiro atoms. The average molecular weight is 260 g/mol. The zero-order valence-corrected chi connectivity index (χ0v) is 8.20. The second-order valence-electron chi connectivity index (χ2n) is 2.59. The number of hydrogen-bond donors (Lipinski definition) is 0. The molecular formula is C5H9IO2S. The summed E-state index contributed by atoms with van der Waals surface area (Å²) < 4.78 is 22.3. The van der Waals surface area contributed by atoms with Crippen LogP contribution in [0.5, 0.6) is 0 Å². The van der Waals surface area contributed by atoms with Gasteiger partial charge in [-0.3, -0.25) is 0 Å². The lowest BCUT2D eigenvalue weighted by Gasteiger charge is -2.06.